The average molecular weight is 475 g/mol. The van der Waals surface area contributed by atoms with E-state index in [1.54, 1.807) is 0 Å². The van der Waals surface area contributed by atoms with E-state index < -0.39 is 99.3 Å². The molecule has 1 fully saturated rings. The molecular formula is CH22O10Si10. The molecule has 10 nitrogen and oxygen atoms in total. The van der Waals surface area contributed by atoms with Gasteiger partial charge in [0, 0.05) is 0 Å². The summed E-state index contributed by atoms with van der Waals surface area (Å²) in [6.07, 6.45) is 0. The van der Waals surface area contributed by atoms with Crippen LogP contribution in [0.3, 0.4) is 0 Å². The Morgan fingerprint density at radius 2 is 0.667 bits per heavy atom. The van der Waals surface area contributed by atoms with E-state index in [0.717, 1.165) is 0 Å². The maximum atomic E-state index is 5.58. The topological polar surface area (TPSA) is 92.3 Å². The molecule has 0 N–H and O–H groups in total. The SMILES string of the molecule is C[SiH]1O[SiH2]O[SiH2]O[SiH2]O[SiH2]O[SiH2]O[SiH2]O[SiH2]O[SiH2]O[SiH2]O1. The normalized spacial score (nSPS) is 37.3. The first-order chi connectivity index (χ1) is 10.4. The minimum atomic E-state index is -1.58. The summed E-state index contributed by atoms with van der Waals surface area (Å²) < 4.78 is 54.4. The molecular weight excluding hydrogens is 453 g/mol. The van der Waals surface area contributed by atoms with E-state index >= 15 is 0 Å². The van der Waals surface area contributed by atoms with E-state index in [2.05, 4.69) is 0 Å². The molecule has 1 heterocycles. The standard InChI is InChI=1S/CH22O10Si10/c1-21-10-19-8-17-6-15-4-13-2-12-3-14-5-16-7-18-9-20-11-21/h21H,12-20H2,1H3. The molecule has 0 saturated carbocycles. The molecule has 0 unspecified atom stereocenters. The fraction of sp³-hybridized carbons (Fsp3) is 1.00. The van der Waals surface area contributed by atoms with E-state index in [1.807, 2.05) is 6.55 Å². The van der Waals surface area contributed by atoms with E-state index in [9.17, 15) is 0 Å². The van der Waals surface area contributed by atoms with Gasteiger partial charge in [-0.25, -0.2) is 0 Å². The van der Waals surface area contributed by atoms with E-state index in [4.69, 9.17) is 41.2 Å². The Labute approximate surface area is 146 Å². The van der Waals surface area contributed by atoms with E-state index in [1.165, 1.54) is 0 Å². The molecule has 0 spiro atoms. The summed E-state index contributed by atoms with van der Waals surface area (Å²) in [5.74, 6) is 0. The molecule has 1 rings (SSSR count). The monoisotopic (exact) mass is 474 g/mol. The molecule has 0 aliphatic carbocycles. The fourth-order valence-corrected chi connectivity index (χ4v) is 19.2. The van der Waals surface area contributed by atoms with Gasteiger partial charge in [0.15, 0.2) is 0 Å². The summed E-state index contributed by atoms with van der Waals surface area (Å²) in [6.45, 7) is 1.98. The van der Waals surface area contributed by atoms with Gasteiger partial charge in [0.1, 0.15) is 0 Å². The Morgan fingerprint density at radius 3 is 0.952 bits per heavy atom. The van der Waals surface area contributed by atoms with Crippen LogP contribution in [0.1, 0.15) is 0 Å². The highest BCUT2D eigenvalue weighted by Gasteiger charge is 2.06. The summed E-state index contributed by atoms with van der Waals surface area (Å²) in [5, 5.41) is 0. The zero-order valence-electron chi connectivity index (χ0n) is 12.0. The molecule has 0 bridgehead atoms. The van der Waals surface area contributed by atoms with Crippen LogP contribution in [0.15, 0.2) is 0 Å². The van der Waals surface area contributed by atoms with Crippen LogP contribution >= 0.6 is 0 Å². The summed E-state index contributed by atoms with van der Waals surface area (Å²) in [7, 11) is -10.1. The molecule has 20 heteroatoms. The molecule has 0 aromatic rings. The van der Waals surface area contributed by atoms with Crippen LogP contribution in [0.5, 0.6) is 0 Å². The smallest absolute Gasteiger partial charge is 0.299 e. The minimum Gasteiger partial charge on any atom is -0.425 e. The van der Waals surface area contributed by atoms with E-state index in [-0.39, 0.29) is 0 Å². The van der Waals surface area contributed by atoms with Crippen LogP contribution in [-0.2, 0) is 41.2 Å². The van der Waals surface area contributed by atoms with Crippen molar-refractivity contribution in [3.8, 4) is 0 Å². The molecule has 0 aromatic carbocycles. The maximum Gasteiger partial charge on any atom is 0.299 e. The summed E-state index contributed by atoms with van der Waals surface area (Å²) in [4.78, 5) is 0. The Morgan fingerprint density at radius 1 is 0.429 bits per heavy atom. The van der Waals surface area contributed by atoms with Gasteiger partial charge >= 0.3 is 0 Å². The third-order valence-electron chi connectivity index (χ3n) is 1.94. The Bertz CT molecular complexity index is 202. The average Bonchev–Trinajstić information content (AvgIpc) is 2.48. The quantitative estimate of drug-likeness (QED) is 0.315. The van der Waals surface area contributed by atoms with Gasteiger partial charge in [0.2, 0.25) is 0 Å². The third kappa shape index (κ3) is 15.1. The van der Waals surface area contributed by atoms with Gasteiger partial charge in [-0.15, -0.1) is 0 Å². The Kier molecular flexibility index (Phi) is 16.5. The highest BCUT2D eigenvalue weighted by Crippen LogP contribution is 1.87. The molecule has 0 atom stereocenters. The van der Waals surface area contributed by atoms with Crippen molar-refractivity contribution in [1.29, 1.82) is 0 Å². The first-order valence-electron chi connectivity index (χ1n) is 6.24. The van der Waals surface area contributed by atoms with Crippen LogP contribution in [0, 0.1) is 0 Å². The molecule has 1 saturated heterocycles. The van der Waals surface area contributed by atoms with Gasteiger partial charge < -0.3 is 41.2 Å². The van der Waals surface area contributed by atoms with Crippen LogP contribution in [0.4, 0.5) is 0 Å². The summed E-state index contributed by atoms with van der Waals surface area (Å²) in [6, 6.07) is 0. The van der Waals surface area contributed by atoms with Crippen molar-refractivity contribution in [2.75, 3.05) is 0 Å². The predicted octanol–water partition coefficient (Wildman–Crippen LogP) is -8.99. The van der Waals surface area contributed by atoms with Crippen molar-refractivity contribution >= 4 is 99.3 Å². The van der Waals surface area contributed by atoms with Crippen molar-refractivity contribution in [3.63, 3.8) is 0 Å². The largest absolute Gasteiger partial charge is 0.425 e. The first kappa shape index (κ1) is 20.8. The molecule has 1 aliphatic rings. The van der Waals surface area contributed by atoms with E-state index in [0.29, 0.717) is 0 Å². The van der Waals surface area contributed by atoms with Crippen LogP contribution in [0.25, 0.3) is 0 Å². The second-order valence-electron chi connectivity index (χ2n) is 3.59. The fourth-order valence-electron chi connectivity index (χ4n) is 1.02. The lowest BCUT2D eigenvalue weighted by atomic mass is 11.9. The Balaban J connectivity index is 2.08. The maximum absolute atomic E-state index is 5.58. The lowest BCUT2D eigenvalue weighted by molar-refractivity contribution is 0.343. The second-order valence-corrected chi connectivity index (χ2v) is 22.6. The zero-order valence-corrected chi connectivity index (χ0v) is 25.9. The van der Waals surface area contributed by atoms with Gasteiger partial charge in [0.25, 0.3) is 99.3 Å². The van der Waals surface area contributed by atoms with Crippen molar-refractivity contribution in [3.05, 3.63) is 0 Å². The minimum absolute atomic E-state index is 0.932. The summed E-state index contributed by atoms with van der Waals surface area (Å²) in [5.41, 5.74) is 0. The highest BCUT2D eigenvalue weighted by molar-refractivity contribution is 6.57. The molecule has 21 heavy (non-hydrogen) atoms. The molecule has 0 amide bonds. The zero-order chi connectivity index (χ0) is 15.0. The Hall–Kier alpha value is 1.77. The second kappa shape index (κ2) is 16.6. The number of hydrogen-bond donors (Lipinski definition) is 0. The third-order valence-corrected chi connectivity index (χ3v) is 17.4. The molecule has 0 radical (unpaired) electrons. The molecule has 126 valence electrons. The predicted molar refractivity (Wildman–Crippen MR) is 101 cm³/mol. The number of rotatable bonds is 0. The lowest BCUT2D eigenvalue weighted by Crippen LogP contribution is -2.28. The van der Waals surface area contributed by atoms with Crippen molar-refractivity contribution in [1.82, 2.24) is 0 Å². The van der Waals surface area contributed by atoms with Gasteiger partial charge in [-0.2, -0.15) is 0 Å². The van der Waals surface area contributed by atoms with Gasteiger partial charge in [-0.05, 0) is 6.55 Å². The van der Waals surface area contributed by atoms with Gasteiger partial charge in [0.05, 0.1) is 0 Å². The van der Waals surface area contributed by atoms with Crippen LogP contribution in [0.2, 0.25) is 6.55 Å². The molecule has 0 aromatic heterocycles. The van der Waals surface area contributed by atoms with Gasteiger partial charge in [-0.1, -0.05) is 0 Å². The lowest BCUT2D eigenvalue weighted by Gasteiger charge is -2.14. The van der Waals surface area contributed by atoms with Gasteiger partial charge in [-0.3, -0.25) is 0 Å². The molecule has 1 aliphatic heterocycles. The van der Waals surface area contributed by atoms with Crippen molar-refractivity contribution < 1.29 is 41.2 Å². The number of hydrogen-bond acceptors (Lipinski definition) is 10. The van der Waals surface area contributed by atoms with Crippen molar-refractivity contribution in [2.45, 2.75) is 6.55 Å². The van der Waals surface area contributed by atoms with Crippen LogP contribution < -0.4 is 0 Å². The summed E-state index contributed by atoms with van der Waals surface area (Å²) >= 11 is 0. The van der Waals surface area contributed by atoms with Crippen LogP contribution in [-0.4, -0.2) is 99.3 Å². The highest BCUT2D eigenvalue weighted by atomic mass is 28.4. The first-order valence-corrected chi connectivity index (χ1v) is 18.7. The van der Waals surface area contributed by atoms with Crippen molar-refractivity contribution in [2.24, 2.45) is 0 Å².